The van der Waals surface area contributed by atoms with Crippen LogP contribution in [0.3, 0.4) is 0 Å². The second-order valence-corrected chi connectivity index (χ2v) is 3.93. The van der Waals surface area contributed by atoms with Gasteiger partial charge in [0.1, 0.15) is 11.7 Å². The monoisotopic (exact) mass is 196 g/mol. The summed E-state index contributed by atoms with van der Waals surface area (Å²) in [7, 11) is 0. The van der Waals surface area contributed by atoms with Crippen molar-refractivity contribution in [2.24, 2.45) is 5.92 Å². The van der Waals surface area contributed by atoms with Crippen LogP contribution in [0, 0.1) is 5.92 Å². The molecule has 0 aromatic rings. The summed E-state index contributed by atoms with van der Waals surface area (Å²) in [6.07, 6.45) is 2.56. The molecule has 0 saturated carbocycles. The Morgan fingerprint density at radius 3 is 2.64 bits per heavy atom. The Morgan fingerprint density at radius 2 is 2.07 bits per heavy atom. The third-order valence-corrected chi connectivity index (χ3v) is 2.04. The molecule has 78 valence electrons. The lowest BCUT2D eigenvalue weighted by molar-refractivity contribution is -0.130. The van der Waals surface area contributed by atoms with Crippen molar-refractivity contribution in [2.75, 3.05) is 0 Å². The maximum absolute atomic E-state index is 11.4. The minimum absolute atomic E-state index is 0.153. The summed E-state index contributed by atoms with van der Waals surface area (Å²) in [5, 5.41) is 5.16. The number of amides is 2. The van der Waals surface area contributed by atoms with Crippen molar-refractivity contribution < 1.29 is 9.59 Å². The third-order valence-electron chi connectivity index (χ3n) is 2.04. The Morgan fingerprint density at radius 1 is 1.43 bits per heavy atom. The van der Waals surface area contributed by atoms with Crippen LogP contribution in [0.15, 0.2) is 11.8 Å². The van der Waals surface area contributed by atoms with Crippen LogP contribution in [-0.2, 0) is 9.59 Å². The van der Waals surface area contributed by atoms with E-state index in [-0.39, 0.29) is 11.8 Å². The Bertz CT molecular complexity index is 282. The number of hydrogen-bond donors (Lipinski definition) is 2. The van der Waals surface area contributed by atoms with E-state index in [1.807, 2.05) is 0 Å². The molecule has 2 amide bonds. The summed E-state index contributed by atoms with van der Waals surface area (Å²) in [5.74, 6) is 0.129. The highest BCUT2D eigenvalue weighted by Gasteiger charge is 2.25. The van der Waals surface area contributed by atoms with Crippen molar-refractivity contribution in [3.63, 3.8) is 0 Å². The number of piperazine rings is 1. The molecule has 0 radical (unpaired) electrons. The van der Waals surface area contributed by atoms with Crippen LogP contribution in [-0.4, -0.2) is 17.9 Å². The van der Waals surface area contributed by atoms with E-state index in [1.165, 1.54) is 0 Å². The predicted molar refractivity (Wildman–Crippen MR) is 53.3 cm³/mol. The maximum atomic E-state index is 11.4. The van der Waals surface area contributed by atoms with Gasteiger partial charge in [-0.1, -0.05) is 19.9 Å². The molecule has 4 nitrogen and oxygen atoms in total. The minimum Gasteiger partial charge on any atom is -0.339 e. The Hall–Kier alpha value is -1.32. The minimum atomic E-state index is -0.432. The maximum Gasteiger partial charge on any atom is 0.268 e. The van der Waals surface area contributed by atoms with Gasteiger partial charge in [-0.25, -0.2) is 0 Å². The number of nitrogens with one attached hydrogen (secondary N) is 2. The van der Waals surface area contributed by atoms with Gasteiger partial charge in [0.05, 0.1) is 0 Å². The van der Waals surface area contributed by atoms with E-state index in [2.05, 4.69) is 24.5 Å². The third kappa shape index (κ3) is 2.58. The first-order chi connectivity index (χ1) is 6.50. The summed E-state index contributed by atoms with van der Waals surface area (Å²) in [6, 6.07) is -0.432. The molecule has 0 bridgehead atoms. The van der Waals surface area contributed by atoms with Crippen LogP contribution >= 0.6 is 0 Å². The average Bonchev–Trinajstić information content (AvgIpc) is 2.09. The van der Waals surface area contributed by atoms with E-state index in [9.17, 15) is 9.59 Å². The summed E-state index contributed by atoms with van der Waals surface area (Å²) >= 11 is 0. The van der Waals surface area contributed by atoms with Gasteiger partial charge in [0.25, 0.3) is 5.91 Å². The van der Waals surface area contributed by atoms with Crippen LogP contribution in [0.4, 0.5) is 0 Å². The second kappa shape index (κ2) is 4.26. The summed E-state index contributed by atoms with van der Waals surface area (Å²) < 4.78 is 0. The van der Waals surface area contributed by atoms with Crippen molar-refractivity contribution in [3.8, 4) is 0 Å². The molecule has 0 spiro atoms. The quantitative estimate of drug-likeness (QED) is 0.634. The Balaban J connectivity index is 2.66. The zero-order valence-electron chi connectivity index (χ0n) is 8.76. The van der Waals surface area contributed by atoms with Gasteiger partial charge in [0, 0.05) is 0 Å². The number of carbonyl (C=O) groups is 2. The molecule has 1 fully saturated rings. The lowest BCUT2D eigenvalue weighted by Crippen LogP contribution is -2.53. The molecular formula is C10H16N2O2. The fourth-order valence-electron chi connectivity index (χ4n) is 1.13. The Labute approximate surface area is 83.8 Å². The van der Waals surface area contributed by atoms with Gasteiger partial charge in [0.15, 0.2) is 0 Å². The molecule has 2 N–H and O–H groups in total. The smallest absolute Gasteiger partial charge is 0.268 e. The van der Waals surface area contributed by atoms with Crippen molar-refractivity contribution in [1.82, 2.24) is 10.6 Å². The SMILES string of the molecule is CC(C)C/C=C1\NC(=O)[C@H](C)NC1=O. The lowest BCUT2D eigenvalue weighted by Gasteiger charge is -2.22. The van der Waals surface area contributed by atoms with Gasteiger partial charge < -0.3 is 10.6 Å². The van der Waals surface area contributed by atoms with Crippen LogP contribution in [0.25, 0.3) is 0 Å². The van der Waals surface area contributed by atoms with Crippen LogP contribution < -0.4 is 10.6 Å². The molecule has 1 heterocycles. The predicted octanol–water partition coefficient (Wildman–Crippen LogP) is 0.551. The zero-order valence-corrected chi connectivity index (χ0v) is 8.76. The van der Waals surface area contributed by atoms with E-state index in [4.69, 9.17) is 0 Å². The van der Waals surface area contributed by atoms with E-state index in [0.29, 0.717) is 11.6 Å². The number of carbonyl (C=O) groups excluding carboxylic acids is 2. The van der Waals surface area contributed by atoms with E-state index in [0.717, 1.165) is 6.42 Å². The second-order valence-electron chi connectivity index (χ2n) is 3.93. The molecule has 1 saturated heterocycles. The highest BCUT2D eigenvalue weighted by Crippen LogP contribution is 2.06. The first-order valence-corrected chi connectivity index (χ1v) is 4.82. The van der Waals surface area contributed by atoms with Gasteiger partial charge in [-0.15, -0.1) is 0 Å². The molecule has 0 aliphatic carbocycles. The van der Waals surface area contributed by atoms with E-state index >= 15 is 0 Å². The summed E-state index contributed by atoms with van der Waals surface area (Å²) in [4.78, 5) is 22.6. The van der Waals surface area contributed by atoms with E-state index < -0.39 is 6.04 Å². The van der Waals surface area contributed by atoms with E-state index in [1.54, 1.807) is 13.0 Å². The first-order valence-electron chi connectivity index (χ1n) is 4.82. The van der Waals surface area contributed by atoms with Crippen LogP contribution in [0.2, 0.25) is 0 Å². The molecule has 14 heavy (non-hydrogen) atoms. The van der Waals surface area contributed by atoms with Crippen molar-refractivity contribution in [3.05, 3.63) is 11.8 Å². The molecule has 1 aliphatic heterocycles. The fourth-order valence-corrected chi connectivity index (χ4v) is 1.13. The zero-order chi connectivity index (χ0) is 10.7. The topological polar surface area (TPSA) is 58.2 Å². The number of allylic oxidation sites excluding steroid dienone is 1. The molecule has 0 aromatic carbocycles. The summed E-state index contributed by atoms with van der Waals surface area (Å²) in [6.45, 7) is 5.77. The van der Waals surface area contributed by atoms with Crippen molar-refractivity contribution >= 4 is 11.8 Å². The highest BCUT2D eigenvalue weighted by atomic mass is 16.2. The lowest BCUT2D eigenvalue weighted by atomic mass is 10.1. The molecular weight excluding hydrogens is 180 g/mol. The Kier molecular flexibility index (Phi) is 3.28. The largest absolute Gasteiger partial charge is 0.339 e. The standard InChI is InChI=1S/C10H16N2O2/c1-6(2)4-5-8-10(14)11-7(3)9(13)12-8/h5-7H,4H2,1-3H3,(H,11,14)(H,12,13)/b8-5-/t7-/m0/s1. The molecule has 1 aliphatic rings. The molecule has 4 heteroatoms. The van der Waals surface area contributed by atoms with Gasteiger partial charge in [-0.3, -0.25) is 9.59 Å². The van der Waals surface area contributed by atoms with Gasteiger partial charge in [-0.2, -0.15) is 0 Å². The fraction of sp³-hybridized carbons (Fsp3) is 0.600. The highest BCUT2D eigenvalue weighted by molar-refractivity contribution is 6.04. The normalized spacial score (nSPS) is 25.1. The number of hydrogen-bond acceptors (Lipinski definition) is 2. The van der Waals surface area contributed by atoms with Crippen LogP contribution in [0.5, 0.6) is 0 Å². The molecule has 0 aromatic heterocycles. The average molecular weight is 196 g/mol. The molecule has 1 atom stereocenters. The van der Waals surface area contributed by atoms with Crippen molar-refractivity contribution in [1.29, 1.82) is 0 Å². The van der Waals surface area contributed by atoms with Gasteiger partial charge >= 0.3 is 0 Å². The van der Waals surface area contributed by atoms with Gasteiger partial charge in [0.2, 0.25) is 5.91 Å². The molecule has 1 rings (SSSR count). The number of rotatable bonds is 2. The van der Waals surface area contributed by atoms with Crippen LogP contribution in [0.1, 0.15) is 27.2 Å². The van der Waals surface area contributed by atoms with Crippen molar-refractivity contribution in [2.45, 2.75) is 33.2 Å². The van der Waals surface area contributed by atoms with Gasteiger partial charge in [-0.05, 0) is 19.3 Å². The summed E-state index contributed by atoms with van der Waals surface area (Å²) in [5.41, 5.74) is 0.377. The first kappa shape index (κ1) is 10.8. The molecule has 0 unspecified atom stereocenters.